The van der Waals surface area contributed by atoms with Gasteiger partial charge in [0, 0.05) is 11.7 Å². The molecule has 0 aliphatic rings. The molecule has 5 heteroatoms. The summed E-state index contributed by atoms with van der Waals surface area (Å²) in [6, 6.07) is 18.6. The fraction of sp³-hybridized carbons (Fsp3) is 0.211. The summed E-state index contributed by atoms with van der Waals surface area (Å²) in [5, 5.41) is 9.78. The first-order valence-electron chi connectivity index (χ1n) is 8.04. The van der Waals surface area contributed by atoms with Crippen molar-refractivity contribution in [3.8, 4) is 0 Å². The van der Waals surface area contributed by atoms with Crippen molar-refractivity contribution < 1.29 is 0 Å². The number of aromatic nitrogens is 4. The topological polar surface area (TPSA) is 43.1 Å². The Bertz CT molecular complexity index is 992. The van der Waals surface area contributed by atoms with Crippen LogP contribution in [0, 0.1) is 0 Å². The van der Waals surface area contributed by atoms with Crippen molar-refractivity contribution in [3.63, 3.8) is 0 Å². The molecule has 120 valence electrons. The molecule has 2 aromatic heterocycles. The number of fused-ring (bicyclic) bond motifs is 3. The van der Waals surface area contributed by atoms with Crippen molar-refractivity contribution in [1.82, 2.24) is 19.6 Å². The minimum atomic E-state index is 0.303. The Morgan fingerprint density at radius 1 is 0.958 bits per heavy atom. The zero-order valence-electron chi connectivity index (χ0n) is 13.7. The van der Waals surface area contributed by atoms with Gasteiger partial charge in [0.05, 0.1) is 11.0 Å². The maximum Gasteiger partial charge on any atom is 0.193 e. The van der Waals surface area contributed by atoms with Gasteiger partial charge in [-0.3, -0.25) is 4.40 Å². The van der Waals surface area contributed by atoms with E-state index in [-0.39, 0.29) is 0 Å². The highest BCUT2D eigenvalue weighted by molar-refractivity contribution is 7.98. The Kier molecular flexibility index (Phi) is 3.94. The van der Waals surface area contributed by atoms with E-state index in [1.807, 2.05) is 24.3 Å². The van der Waals surface area contributed by atoms with Crippen LogP contribution in [-0.4, -0.2) is 19.6 Å². The number of hydrogen-bond acceptors (Lipinski definition) is 4. The van der Waals surface area contributed by atoms with E-state index in [9.17, 15) is 0 Å². The van der Waals surface area contributed by atoms with Gasteiger partial charge in [0.25, 0.3) is 0 Å². The highest BCUT2D eigenvalue weighted by atomic mass is 32.2. The summed E-state index contributed by atoms with van der Waals surface area (Å²) < 4.78 is 2.15. The Morgan fingerprint density at radius 3 is 2.50 bits per heavy atom. The standard InChI is InChI=1S/C19H18N4S/c1-13(2)17-21-22-18-19(24-12-14-8-4-3-5-9-14)20-15-10-6-7-11-16(15)23(17)18/h3-11,13H,12H2,1-2H3. The van der Waals surface area contributed by atoms with Crippen LogP contribution in [0.5, 0.6) is 0 Å². The molecule has 4 nitrogen and oxygen atoms in total. The summed E-state index contributed by atoms with van der Waals surface area (Å²) in [6.45, 7) is 4.28. The van der Waals surface area contributed by atoms with Gasteiger partial charge in [-0.25, -0.2) is 4.98 Å². The number of rotatable bonds is 4. The molecule has 4 aromatic rings. The van der Waals surface area contributed by atoms with Gasteiger partial charge in [0.1, 0.15) is 10.9 Å². The molecule has 0 N–H and O–H groups in total. The predicted molar refractivity (Wildman–Crippen MR) is 98.4 cm³/mol. The molecule has 0 amide bonds. The molecular weight excluding hydrogens is 316 g/mol. The van der Waals surface area contributed by atoms with Crippen LogP contribution in [0.3, 0.4) is 0 Å². The van der Waals surface area contributed by atoms with Crippen LogP contribution in [0.1, 0.15) is 31.2 Å². The monoisotopic (exact) mass is 334 g/mol. The van der Waals surface area contributed by atoms with Crippen LogP contribution in [0.25, 0.3) is 16.7 Å². The Hall–Kier alpha value is -2.40. The number of para-hydroxylation sites is 2. The van der Waals surface area contributed by atoms with Gasteiger partial charge in [-0.05, 0) is 17.7 Å². The molecule has 0 bridgehead atoms. The van der Waals surface area contributed by atoms with Crippen LogP contribution >= 0.6 is 11.8 Å². The Morgan fingerprint density at radius 2 is 1.71 bits per heavy atom. The van der Waals surface area contributed by atoms with Crippen LogP contribution < -0.4 is 0 Å². The van der Waals surface area contributed by atoms with Gasteiger partial charge < -0.3 is 0 Å². The van der Waals surface area contributed by atoms with Crippen molar-refractivity contribution in [1.29, 1.82) is 0 Å². The molecule has 0 aliphatic carbocycles. The molecule has 0 atom stereocenters. The molecule has 4 rings (SSSR count). The lowest BCUT2D eigenvalue weighted by atomic mass is 10.2. The number of nitrogens with zero attached hydrogens (tertiary/aromatic N) is 4. The first kappa shape index (κ1) is 15.1. The van der Waals surface area contributed by atoms with E-state index >= 15 is 0 Å². The zero-order chi connectivity index (χ0) is 16.5. The SMILES string of the molecule is CC(C)c1nnc2c(SCc3ccccc3)nc3ccccc3n12. The van der Waals surface area contributed by atoms with Gasteiger partial charge in [-0.15, -0.1) is 10.2 Å². The molecular formula is C19H18N4S. The Balaban J connectivity index is 1.85. The second kappa shape index (κ2) is 6.24. The fourth-order valence-corrected chi connectivity index (χ4v) is 3.70. The van der Waals surface area contributed by atoms with Crippen LogP contribution in [-0.2, 0) is 5.75 Å². The lowest BCUT2D eigenvalue weighted by Crippen LogP contribution is -2.01. The zero-order valence-corrected chi connectivity index (χ0v) is 14.5. The van der Waals surface area contributed by atoms with Crippen LogP contribution in [0.4, 0.5) is 0 Å². The van der Waals surface area contributed by atoms with Gasteiger partial charge >= 0.3 is 0 Å². The van der Waals surface area contributed by atoms with Gasteiger partial charge in [-0.2, -0.15) is 0 Å². The van der Waals surface area contributed by atoms with Crippen molar-refractivity contribution in [2.45, 2.75) is 30.5 Å². The number of thioether (sulfide) groups is 1. The molecule has 0 spiro atoms. The third-order valence-electron chi connectivity index (χ3n) is 3.96. The maximum atomic E-state index is 4.83. The Labute approximate surface area is 144 Å². The van der Waals surface area contributed by atoms with E-state index in [4.69, 9.17) is 4.98 Å². The van der Waals surface area contributed by atoms with Crippen molar-refractivity contribution >= 4 is 28.4 Å². The molecule has 0 saturated heterocycles. The number of benzene rings is 2. The summed E-state index contributed by atoms with van der Waals surface area (Å²) >= 11 is 1.71. The highest BCUT2D eigenvalue weighted by Gasteiger charge is 2.17. The highest BCUT2D eigenvalue weighted by Crippen LogP contribution is 2.29. The third kappa shape index (κ3) is 2.65. The molecule has 0 saturated carbocycles. The van der Waals surface area contributed by atoms with Crippen molar-refractivity contribution in [2.75, 3.05) is 0 Å². The molecule has 0 fully saturated rings. The average Bonchev–Trinajstić information content (AvgIpc) is 3.06. The lowest BCUT2D eigenvalue weighted by molar-refractivity contribution is 0.765. The first-order chi connectivity index (χ1) is 11.7. The van der Waals surface area contributed by atoms with Crippen molar-refractivity contribution in [2.24, 2.45) is 0 Å². The van der Waals surface area contributed by atoms with E-state index < -0.39 is 0 Å². The van der Waals surface area contributed by atoms with Crippen molar-refractivity contribution in [3.05, 3.63) is 66.0 Å². The van der Waals surface area contributed by atoms with E-state index in [0.29, 0.717) is 5.92 Å². The summed E-state index contributed by atoms with van der Waals surface area (Å²) in [5.74, 6) is 2.15. The van der Waals surface area contributed by atoms with Crippen LogP contribution in [0.2, 0.25) is 0 Å². The predicted octanol–water partition coefficient (Wildman–Crippen LogP) is 4.69. The molecule has 24 heavy (non-hydrogen) atoms. The average molecular weight is 334 g/mol. The second-order valence-electron chi connectivity index (χ2n) is 6.05. The molecule has 2 heterocycles. The minimum absolute atomic E-state index is 0.303. The smallest absolute Gasteiger partial charge is 0.193 e. The summed E-state index contributed by atoms with van der Waals surface area (Å²) in [4.78, 5) is 4.83. The maximum absolute atomic E-state index is 4.83. The van der Waals surface area contributed by atoms with E-state index in [2.05, 4.69) is 58.8 Å². The normalized spacial score (nSPS) is 11.6. The van der Waals surface area contributed by atoms with E-state index in [1.165, 1.54) is 5.56 Å². The van der Waals surface area contributed by atoms with E-state index in [0.717, 1.165) is 33.3 Å². The number of hydrogen-bond donors (Lipinski definition) is 0. The molecule has 0 radical (unpaired) electrons. The first-order valence-corrected chi connectivity index (χ1v) is 9.03. The third-order valence-corrected chi connectivity index (χ3v) is 4.98. The van der Waals surface area contributed by atoms with E-state index in [1.54, 1.807) is 11.8 Å². The van der Waals surface area contributed by atoms with Crippen LogP contribution in [0.15, 0.2) is 59.6 Å². The molecule has 0 aliphatic heterocycles. The van der Waals surface area contributed by atoms with Gasteiger partial charge in [-0.1, -0.05) is 68.1 Å². The minimum Gasteiger partial charge on any atom is -0.275 e. The molecule has 0 unspecified atom stereocenters. The fourth-order valence-electron chi connectivity index (χ4n) is 2.78. The summed E-state index contributed by atoms with van der Waals surface area (Å²) in [7, 11) is 0. The summed E-state index contributed by atoms with van der Waals surface area (Å²) in [6.07, 6.45) is 0. The largest absolute Gasteiger partial charge is 0.275 e. The lowest BCUT2D eigenvalue weighted by Gasteiger charge is -2.09. The summed E-state index contributed by atoms with van der Waals surface area (Å²) in [5.41, 5.74) is 4.16. The van der Waals surface area contributed by atoms with Gasteiger partial charge in [0.2, 0.25) is 0 Å². The molecule has 2 aromatic carbocycles. The van der Waals surface area contributed by atoms with Gasteiger partial charge in [0.15, 0.2) is 5.65 Å². The second-order valence-corrected chi connectivity index (χ2v) is 7.02. The quantitative estimate of drug-likeness (QED) is 0.508.